The zero-order valence-corrected chi connectivity index (χ0v) is 15.2. The topological polar surface area (TPSA) is 92.4 Å². The van der Waals surface area contributed by atoms with Crippen LogP contribution in [0.1, 0.15) is 13.9 Å². The van der Waals surface area contributed by atoms with Gasteiger partial charge < -0.3 is 14.6 Å². The Bertz CT molecular complexity index is 1120. The van der Waals surface area contributed by atoms with Gasteiger partial charge in [0.1, 0.15) is 24.2 Å². The molecule has 7 heteroatoms. The molecule has 0 aliphatic heterocycles. The van der Waals surface area contributed by atoms with Gasteiger partial charge in [-0.15, -0.1) is 0 Å². The van der Waals surface area contributed by atoms with Crippen LogP contribution in [0.4, 0.5) is 0 Å². The molecule has 0 amide bonds. The molecule has 0 saturated carbocycles. The third-order valence-electron chi connectivity index (χ3n) is 3.82. The number of nitrogens with zero attached hydrogens (tertiary/aromatic N) is 2. The summed E-state index contributed by atoms with van der Waals surface area (Å²) in [4.78, 5) is 16.0. The molecular weight excluding hydrogens is 380 g/mol. The molecular formula is C21H15ClN2O4. The number of hydrogen-bond acceptors (Lipinski definition) is 5. The highest BCUT2D eigenvalue weighted by atomic mass is 35.5. The van der Waals surface area contributed by atoms with E-state index in [1.807, 2.05) is 0 Å². The van der Waals surface area contributed by atoms with Gasteiger partial charge in [-0.25, -0.2) is 4.79 Å². The van der Waals surface area contributed by atoms with E-state index in [1.165, 1.54) is 24.3 Å². The third kappa shape index (κ3) is 4.05. The number of carbonyl (C=O) groups is 1. The molecule has 0 radical (unpaired) electrons. The van der Waals surface area contributed by atoms with Crippen LogP contribution < -0.4 is 9.47 Å². The van der Waals surface area contributed by atoms with Crippen molar-refractivity contribution in [2.75, 3.05) is 0 Å². The molecule has 0 aliphatic rings. The van der Waals surface area contributed by atoms with Crippen LogP contribution in [0, 0.1) is 11.3 Å². The van der Waals surface area contributed by atoms with Gasteiger partial charge in [0.2, 0.25) is 0 Å². The van der Waals surface area contributed by atoms with Crippen molar-refractivity contribution in [1.82, 2.24) is 4.98 Å². The molecule has 140 valence electrons. The Morgan fingerprint density at radius 1 is 1.25 bits per heavy atom. The Kier molecular flexibility index (Phi) is 4.99. The lowest BCUT2D eigenvalue weighted by Crippen LogP contribution is -2.40. The molecule has 1 unspecified atom stereocenters. The smallest absolute Gasteiger partial charge is 0.368 e. The summed E-state index contributed by atoms with van der Waals surface area (Å²) in [5.41, 5.74) is -1.86. The molecule has 28 heavy (non-hydrogen) atoms. The predicted octanol–water partition coefficient (Wildman–Crippen LogP) is 4.20. The van der Waals surface area contributed by atoms with Crippen LogP contribution >= 0.6 is 11.6 Å². The van der Waals surface area contributed by atoms with E-state index in [1.54, 1.807) is 42.7 Å². The summed E-state index contributed by atoms with van der Waals surface area (Å²) in [6.45, 7) is 0.257. The highest BCUT2D eigenvalue weighted by molar-refractivity contribution is 6.31. The lowest BCUT2D eigenvalue weighted by molar-refractivity contribution is -0.151. The van der Waals surface area contributed by atoms with Crippen LogP contribution in [-0.2, 0) is 17.0 Å². The predicted molar refractivity (Wildman–Crippen MR) is 102 cm³/mol. The van der Waals surface area contributed by atoms with Gasteiger partial charge in [-0.05, 0) is 35.9 Å². The summed E-state index contributed by atoms with van der Waals surface area (Å²) < 4.78 is 26.7. The zero-order valence-electron chi connectivity index (χ0n) is 16.4. The molecule has 0 spiro atoms. The van der Waals surface area contributed by atoms with Crippen molar-refractivity contribution in [3.63, 3.8) is 0 Å². The zero-order chi connectivity index (χ0) is 21.7. The fourth-order valence-electron chi connectivity index (χ4n) is 2.44. The summed E-state index contributed by atoms with van der Waals surface area (Å²) >= 11 is 6.09. The third-order valence-corrected chi connectivity index (χ3v) is 4.12. The minimum Gasteiger partial charge on any atom is -0.489 e. The minimum atomic E-state index is -2.51. The average molecular weight is 399 g/mol. The summed E-state index contributed by atoms with van der Waals surface area (Å²) in [6.07, 6.45) is 3.28. The lowest BCUT2D eigenvalue weighted by atomic mass is 9.95. The number of hydrogen-bond donors (Lipinski definition) is 1. The van der Waals surface area contributed by atoms with E-state index < -0.39 is 17.6 Å². The number of nitriles is 1. The summed E-state index contributed by atoms with van der Waals surface area (Å²) in [5, 5.41) is 19.2. The van der Waals surface area contributed by atoms with Crippen molar-refractivity contribution in [3.8, 4) is 17.6 Å². The van der Waals surface area contributed by atoms with E-state index in [4.69, 9.17) is 23.8 Å². The normalized spacial score (nSPS) is 13.4. The number of benzene rings is 2. The molecule has 1 heterocycles. The number of aromatic nitrogens is 1. The lowest BCUT2D eigenvalue weighted by Gasteiger charge is -2.25. The Morgan fingerprint density at radius 3 is 2.71 bits per heavy atom. The monoisotopic (exact) mass is 398 g/mol. The fraction of sp³-hybridized carbons (Fsp3) is 0.0952. The largest absolute Gasteiger partial charge is 0.489 e. The minimum absolute atomic E-state index is 0.0590. The van der Waals surface area contributed by atoms with Crippen LogP contribution in [0.5, 0.6) is 11.5 Å². The Hall–Kier alpha value is -3.56. The van der Waals surface area contributed by atoms with Gasteiger partial charge in [0, 0.05) is 29.0 Å². The van der Waals surface area contributed by atoms with Gasteiger partial charge >= 0.3 is 11.6 Å². The van der Waals surface area contributed by atoms with Crippen LogP contribution in [-0.4, -0.2) is 16.1 Å². The second-order valence-corrected chi connectivity index (χ2v) is 6.03. The van der Waals surface area contributed by atoms with Crippen molar-refractivity contribution in [3.05, 3.63) is 89.2 Å². The summed E-state index contributed by atoms with van der Waals surface area (Å²) in [7, 11) is 0. The van der Waals surface area contributed by atoms with Crippen molar-refractivity contribution < 1.29 is 22.1 Å². The van der Waals surface area contributed by atoms with Gasteiger partial charge in [-0.1, -0.05) is 35.8 Å². The summed E-state index contributed by atoms with van der Waals surface area (Å²) in [5.74, 6) is -1.15. The van der Waals surface area contributed by atoms with Gasteiger partial charge in [0.15, 0.2) is 0 Å². The van der Waals surface area contributed by atoms with Crippen LogP contribution in [0.2, 0.25) is 5.02 Å². The first-order valence-corrected chi connectivity index (χ1v) is 8.47. The number of carboxylic acid groups (broad SMARTS) is 1. The van der Waals surface area contributed by atoms with Gasteiger partial charge in [-0.2, -0.15) is 5.26 Å². The molecule has 0 aliphatic carbocycles. The highest BCUT2D eigenvalue weighted by Crippen LogP contribution is 2.34. The SMILES string of the molecule is [3H]c1ccc(C(C#N)(Oc2cccc(OCc3ccncc3)c2)C(=O)O)c(Cl)c1[3H]. The molecule has 3 aromatic rings. The standard InChI is InChI=1S/C21H15ClN2O4/c22-19-7-2-1-6-18(19)21(14-23,20(25)26)28-17-5-3-4-16(12-17)27-13-15-8-10-24-11-9-15/h1-12H,13H2,(H,25,26)/i2T,7T. The second-order valence-electron chi connectivity index (χ2n) is 5.65. The van der Waals surface area contributed by atoms with Crippen LogP contribution in [0.3, 0.4) is 0 Å². The van der Waals surface area contributed by atoms with Gasteiger partial charge in [-0.3, -0.25) is 4.98 Å². The maximum absolute atomic E-state index is 12.0. The molecule has 1 N–H and O–H groups in total. The molecule has 1 aromatic heterocycles. The van der Waals surface area contributed by atoms with E-state index in [9.17, 15) is 15.2 Å². The average Bonchev–Trinajstić information content (AvgIpc) is 2.76. The van der Waals surface area contributed by atoms with Crippen LogP contribution in [0.25, 0.3) is 0 Å². The Labute approximate surface area is 169 Å². The molecule has 0 bridgehead atoms. The number of pyridine rings is 1. The van der Waals surface area contributed by atoms with Crippen molar-refractivity contribution in [2.45, 2.75) is 12.2 Å². The maximum Gasteiger partial charge on any atom is 0.368 e. The molecule has 0 saturated heterocycles. The van der Waals surface area contributed by atoms with E-state index >= 15 is 0 Å². The van der Waals surface area contributed by atoms with Gasteiger partial charge in [0.25, 0.3) is 0 Å². The van der Waals surface area contributed by atoms with E-state index in [0.29, 0.717) is 5.75 Å². The quantitative estimate of drug-likeness (QED) is 0.641. The molecule has 0 fully saturated rings. The molecule has 1 atom stereocenters. The first-order chi connectivity index (χ1) is 14.4. The fourth-order valence-corrected chi connectivity index (χ4v) is 2.69. The molecule has 2 aromatic carbocycles. The Morgan fingerprint density at radius 2 is 2.00 bits per heavy atom. The van der Waals surface area contributed by atoms with E-state index in [0.717, 1.165) is 5.56 Å². The van der Waals surface area contributed by atoms with Gasteiger partial charge in [0.05, 0.1) is 2.74 Å². The van der Waals surface area contributed by atoms with Crippen molar-refractivity contribution in [2.24, 2.45) is 0 Å². The first-order valence-electron chi connectivity index (χ1n) is 9.09. The number of aliphatic carboxylic acids is 1. The van der Waals surface area contributed by atoms with Crippen molar-refractivity contribution >= 4 is 17.6 Å². The van der Waals surface area contributed by atoms with Crippen LogP contribution in [0.15, 0.2) is 73.0 Å². The maximum atomic E-state index is 12.0. The Balaban J connectivity index is 1.92. The second kappa shape index (κ2) is 8.42. The van der Waals surface area contributed by atoms with E-state index in [2.05, 4.69) is 4.98 Å². The molecule has 6 nitrogen and oxygen atoms in total. The molecule has 3 rings (SSSR count). The number of ether oxygens (including phenoxy) is 2. The van der Waals surface area contributed by atoms with E-state index in [-0.39, 0.29) is 29.0 Å². The van der Waals surface area contributed by atoms with Crippen molar-refractivity contribution in [1.29, 1.82) is 5.26 Å². The highest BCUT2D eigenvalue weighted by Gasteiger charge is 2.45. The summed E-state index contributed by atoms with van der Waals surface area (Å²) in [6, 6.07) is 13.2. The number of halogens is 1. The first kappa shape index (κ1) is 16.6. The number of rotatable bonds is 7. The number of carboxylic acids is 1.